The van der Waals surface area contributed by atoms with Gasteiger partial charge in [-0.15, -0.1) is 12.4 Å². The van der Waals surface area contributed by atoms with Gasteiger partial charge in [-0.3, -0.25) is 0 Å². The zero-order chi connectivity index (χ0) is 18.4. The third-order valence-electron chi connectivity index (χ3n) is 5.17. The summed E-state index contributed by atoms with van der Waals surface area (Å²) in [6, 6.07) is 5.65. The summed E-state index contributed by atoms with van der Waals surface area (Å²) in [7, 11) is 3.23. The van der Waals surface area contributed by atoms with E-state index in [-0.39, 0.29) is 12.4 Å². The minimum Gasteiger partial charge on any atom is -0.508 e. The van der Waals surface area contributed by atoms with Gasteiger partial charge in [-0.05, 0) is 49.1 Å². The van der Waals surface area contributed by atoms with Gasteiger partial charge in [0.1, 0.15) is 17.9 Å². The first-order valence-corrected chi connectivity index (χ1v) is 8.51. The second kappa shape index (κ2) is 7.12. The lowest BCUT2D eigenvalue weighted by Crippen LogP contribution is -2.16. The Kier molecular flexibility index (Phi) is 5.02. The molecule has 2 aromatic carbocycles. The molecule has 7 heteroatoms. The number of rotatable bonds is 3. The number of phenolic OH excluding ortho intramolecular Hbond substituents is 1. The lowest BCUT2D eigenvalue weighted by atomic mass is 10.0. The molecule has 0 radical (unpaired) electrons. The van der Waals surface area contributed by atoms with Gasteiger partial charge in [-0.25, -0.2) is 9.97 Å². The number of halogens is 1. The summed E-state index contributed by atoms with van der Waals surface area (Å²) in [5.74, 6) is 2.47. The van der Waals surface area contributed by atoms with Crippen LogP contribution < -0.4 is 14.4 Å². The topological polar surface area (TPSA) is 67.7 Å². The van der Waals surface area contributed by atoms with Gasteiger partial charge in [-0.1, -0.05) is 0 Å². The van der Waals surface area contributed by atoms with Gasteiger partial charge in [0.25, 0.3) is 0 Å². The molecule has 1 aliphatic heterocycles. The van der Waals surface area contributed by atoms with E-state index in [2.05, 4.69) is 14.9 Å². The Balaban J connectivity index is 0.00000210. The van der Waals surface area contributed by atoms with Gasteiger partial charge in [0.05, 0.1) is 19.7 Å². The third kappa shape index (κ3) is 2.90. The second-order valence-corrected chi connectivity index (χ2v) is 6.48. The monoisotopic (exact) mass is 387 g/mol. The molecule has 0 saturated heterocycles. The first-order chi connectivity index (χ1) is 12.5. The van der Waals surface area contributed by atoms with E-state index >= 15 is 0 Å². The Morgan fingerprint density at radius 2 is 1.70 bits per heavy atom. The van der Waals surface area contributed by atoms with Crippen LogP contribution in [0.5, 0.6) is 17.2 Å². The van der Waals surface area contributed by atoms with Crippen LogP contribution in [0.1, 0.15) is 16.7 Å². The number of hydrogen-bond donors (Lipinski definition) is 1. The maximum Gasteiger partial charge on any atom is 0.162 e. The maximum atomic E-state index is 10.1. The highest BCUT2D eigenvalue weighted by Crippen LogP contribution is 2.43. The lowest BCUT2D eigenvalue weighted by molar-refractivity contribution is 0.356. The minimum absolute atomic E-state index is 0. The van der Waals surface area contributed by atoms with Gasteiger partial charge in [-0.2, -0.15) is 0 Å². The minimum atomic E-state index is 0. The third-order valence-corrected chi connectivity index (χ3v) is 5.17. The molecular formula is C20H22ClN3O3. The summed E-state index contributed by atoms with van der Waals surface area (Å²) in [4.78, 5) is 11.2. The zero-order valence-electron chi connectivity index (χ0n) is 15.7. The van der Waals surface area contributed by atoms with Crippen LogP contribution in [0.25, 0.3) is 10.9 Å². The summed E-state index contributed by atoms with van der Waals surface area (Å²) < 4.78 is 10.8. The molecule has 0 amide bonds. The first kappa shape index (κ1) is 19.0. The van der Waals surface area contributed by atoms with Crippen LogP contribution in [-0.4, -0.2) is 35.8 Å². The van der Waals surface area contributed by atoms with Crippen LogP contribution >= 0.6 is 12.4 Å². The van der Waals surface area contributed by atoms with Crippen molar-refractivity contribution in [2.24, 2.45) is 0 Å². The number of fused-ring (bicyclic) bond motifs is 2. The van der Waals surface area contributed by atoms with Gasteiger partial charge in [0.2, 0.25) is 0 Å². The fourth-order valence-corrected chi connectivity index (χ4v) is 3.66. The number of aromatic nitrogens is 2. The highest BCUT2D eigenvalue weighted by atomic mass is 35.5. The van der Waals surface area contributed by atoms with Crippen molar-refractivity contribution in [2.75, 3.05) is 25.7 Å². The Morgan fingerprint density at radius 1 is 1.00 bits per heavy atom. The average Bonchev–Trinajstić information content (AvgIpc) is 3.08. The molecule has 4 rings (SSSR count). The first-order valence-electron chi connectivity index (χ1n) is 8.51. The number of hydrogen-bond acceptors (Lipinski definition) is 6. The van der Waals surface area contributed by atoms with Gasteiger partial charge in [0.15, 0.2) is 11.5 Å². The van der Waals surface area contributed by atoms with Crippen molar-refractivity contribution >= 4 is 34.8 Å². The summed E-state index contributed by atoms with van der Waals surface area (Å²) in [5, 5.41) is 11.0. The number of anilines is 2. The molecule has 1 N–H and O–H groups in total. The summed E-state index contributed by atoms with van der Waals surface area (Å²) in [6.07, 6.45) is 2.44. The molecule has 6 nitrogen and oxygen atoms in total. The molecule has 27 heavy (non-hydrogen) atoms. The molecule has 1 aromatic heterocycles. The van der Waals surface area contributed by atoms with Crippen LogP contribution in [0.15, 0.2) is 24.5 Å². The Bertz CT molecular complexity index is 1020. The highest BCUT2D eigenvalue weighted by molar-refractivity contribution is 5.95. The van der Waals surface area contributed by atoms with E-state index in [0.29, 0.717) is 17.2 Å². The zero-order valence-corrected chi connectivity index (χ0v) is 16.6. The Morgan fingerprint density at radius 3 is 2.41 bits per heavy atom. The highest BCUT2D eigenvalue weighted by Gasteiger charge is 2.27. The van der Waals surface area contributed by atoms with Crippen LogP contribution in [0.2, 0.25) is 0 Å². The lowest BCUT2D eigenvalue weighted by Gasteiger charge is -2.23. The number of aromatic hydroxyl groups is 1. The summed E-state index contributed by atoms with van der Waals surface area (Å²) in [6.45, 7) is 4.78. The van der Waals surface area contributed by atoms with E-state index in [4.69, 9.17) is 9.47 Å². The Labute approximate surface area is 164 Å². The van der Waals surface area contributed by atoms with Crippen LogP contribution in [0, 0.1) is 13.8 Å². The molecule has 1 aliphatic rings. The van der Waals surface area contributed by atoms with Crippen molar-refractivity contribution in [2.45, 2.75) is 20.3 Å². The van der Waals surface area contributed by atoms with E-state index in [0.717, 1.165) is 52.1 Å². The van der Waals surface area contributed by atoms with E-state index in [9.17, 15) is 5.11 Å². The number of methoxy groups -OCH3 is 2. The molecule has 142 valence electrons. The molecule has 0 unspecified atom stereocenters. The van der Waals surface area contributed by atoms with E-state index in [1.165, 1.54) is 0 Å². The fraction of sp³-hybridized carbons (Fsp3) is 0.300. The molecular weight excluding hydrogens is 366 g/mol. The second-order valence-electron chi connectivity index (χ2n) is 6.48. The molecule has 2 heterocycles. The summed E-state index contributed by atoms with van der Waals surface area (Å²) in [5.41, 5.74) is 5.03. The molecule has 0 spiro atoms. The van der Waals surface area contributed by atoms with Crippen molar-refractivity contribution in [1.82, 2.24) is 9.97 Å². The SMILES string of the molecule is COc1cc2ncnc(N3CCc4cc(O)c(C)c(C)c43)c2cc1OC.Cl. The van der Waals surface area contributed by atoms with Crippen molar-refractivity contribution in [3.05, 3.63) is 41.2 Å². The quantitative estimate of drug-likeness (QED) is 0.730. The number of ether oxygens (including phenoxy) is 2. The summed E-state index contributed by atoms with van der Waals surface area (Å²) >= 11 is 0. The number of nitrogens with zero attached hydrogens (tertiary/aromatic N) is 3. The van der Waals surface area contributed by atoms with Crippen molar-refractivity contribution in [3.63, 3.8) is 0 Å². The average molecular weight is 388 g/mol. The van der Waals surface area contributed by atoms with Gasteiger partial charge >= 0.3 is 0 Å². The number of phenols is 1. The van der Waals surface area contributed by atoms with E-state index in [1.54, 1.807) is 20.5 Å². The van der Waals surface area contributed by atoms with Crippen molar-refractivity contribution in [3.8, 4) is 17.2 Å². The molecule has 0 bridgehead atoms. The standard InChI is InChI=1S/C20H21N3O3.ClH/c1-11-12(2)19-13(7-16(11)24)5-6-23(19)20-14-8-17(25-3)18(26-4)9-15(14)21-10-22-20;/h7-10,24H,5-6H2,1-4H3;1H. The predicted molar refractivity (Wildman–Crippen MR) is 108 cm³/mol. The van der Waals surface area contributed by atoms with E-state index in [1.807, 2.05) is 32.0 Å². The van der Waals surface area contributed by atoms with Gasteiger partial charge < -0.3 is 19.5 Å². The molecule has 0 atom stereocenters. The van der Waals surface area contributed by atoms with Crippen LogP contribution in [0.4, 0.5) is 11.5 Å². The van der Waals surface area contributed by atoms with Crippen molar-refractivity contribution < 1.29 is 14.6 Å². The van der Waals surface area contributed by atoms with Gasteiger partial charge in [0, 0.05) is 23.7 Å². The van der Waals surface area contributed by atoms with E-state index < -0.39 is 0 Å². The maximum absolute atomic E-state index is 10.1. The molecule has 3 aromatic rings. The number of benzene rings is 2. The molecule has 0 fully saturated rings. The predicted octanol–water partition coefficient (Wildman–Crippen LogP) is 4.09. The normalized spacial score (nSPS) is 12.7. The Hall–Kier alpha value is -2.73. The smallest absolute Gasteiger partial charge is 0.162 e. The van der Waals surface area contributed by atoms with Crippen LogP contribution in [-0.2, 0) is 6.42 Å². The van der Waals surface area contributed by atoms with Crippen molar-refractivity contribution in [1.29, 1.82) is 0 Å². The fourth-order valence-electron chi connectivity index (χ4n) is 3.66. The molecule has 0 aliphatic carbocycles. The molecule has 0 saturated carbocycles. The van der Waals surface area contributed by atoms with Crippen LogP contribution in [0.3, 0.4) is 0 Å². The largest absolute Gasteiger partial charge is 0.508 e.